The van der Waals surface area contributed by atoms with Gasteiger partial charge in [0, 0.05) is 6.54 Å². The van der Waals surface area contributed by atoms with Crippen molar-refractivity contribution >= 4 is 23.2 Å². The first kappa shape index (κ1) is 16.1. The standard InChI is InChI=1S/C16H23N3O3/c1-4-12-16(21)19(9-14(20)18-8-10(2)3)15-11(17)6-5-7-13(15)22-12/h5-7,10,12H,4,8-9,17H2,1-3H3,(H,18,20). The molecule has 1 heterocycles. The molecule has 0 fully saturated rings. The predicted octanol–water partition coefficient (Wildman–Crippen LogP) is 1.54. The molecular weight excluding hydrogens is 282 g/mol. The summed E-state index contributed by atoms with van der Waals surface area (Å²) in [6.07, 6.45) is -0.0378. The second-order valence-corrected chi connectivity index (χ2v) is 5.83. The summed E-state index contributed by atoms with van der Waals surface area (Å²) in [5.41, 5.74) is 6.88. The quantitative estimate of drug-likeness (QED) is 0.808. The second kappa shape index (κ2) is 6.68. The maximum absolute atomic E-state index is 12.5. The van der Waals surface area contributed by atoms with E-state index in [9.17, 15) is 9.59 Å². The summed E-state index contributed by atoms with van der Waals surface area (Å²) < 4.78 is 5.68. The zero-order valence-electron chi connectivity index (χ0n) is 13.3. The molecule has 6 heteroatoms. The molecule has 0 saturated carbocycles. The molecule has 1 aliphatic heterocycles. The predicted molar refractivity (Wildman–Crippen MR) is 85.8 cm³/mol. The first-order chi connectivity index (χ1) is 10.4. The Morgan fingerprint density at radius 3 is 2.82 bits per heavy atom. The number of hydrogen-bond acceptors (Lipinski definition) is 4. The first-order valence-electron chi connectivity index (χ1n) is 7.57. The van der Waals surface area contributed by atoms with Crippen LogP contribution in [-0.2, 0) is 9.59 Å². The number of hydrogen-bond donors (Lipinski definition) is 2. The van der Waals surface area contributed by atoms with E-state index in [4.69, 9.17) is 10.5 Å². The van der Waals surface area contributed by atoms with Crippen LogP contribution >= 0.6 is 0 Å². The van der Waals surface area contributed by atoms with Crippen LogP contribution in [0.3, 0.4) is 0 Å². The Morgan fingerprint density at radius 2 is 2.18 bits per heavy atom. The van der Waals surface area contributed by atoms with Crippen molar-refractivity contribution in [2.75, 3.05) is 23.7 Å². The van der Waals surface area contributed by atoms with Crippen molar-refractivity contribution in [3.05, 3.63) is 18.2 Å². The lowest BCUT2D eigenvalue weighted by Gasteiger charge is -2.34. The summed E-state index contributed by atoms with van der Waals surface area (Å²) in [7, 11) is 0. The Morgan fingerprint density at radius 1 is 1.45 bits per heavy atom. The van der Waals surface area contributed by atoms with Crippen molar-refractivity contribution in [3.63, 3.8) is 0 Å². The first-order valence-corrected chi connectivity index (χ1v) is 7.57. The Hall–Kier alpha value is -2.24. The highest BCUT2D eigenvalue weighted by atomic mass is 16.5. The number of amides is 2. The lowest BCUT2D eigenvalue weighted by Crippen LogP contribution is -2.50. The van der Waals surface area contributed by atoms with E-state index >= 15 is 0 Å². The minimum absolute atomic E-state index is 0.0490. The van der Waals surface area contributed by atoms with Gasteiger partial charge in [-0.15, -0.1) is 0 Å². The van der Waals surface area contributed by atoms with Crippen molar-refractivity contribution in [3.8, 4) is 5.75 Å². The molecule has 22 heavy (non-hydrogen) atoms. The van der Waals surface area contributed by atoms with E-state index in [1.165, 1.54) is 4.90 Å². The number of fused-ring (bicyclic) bond motifs is 1. The van der Waals surface area contributed by atoms with Crippen LogP contribution < -0.4 is 20.7 Å². The summed E-state index contributed by atoms with van der Waals surface area (Å²) >= 11 is 0. The Balaban J connectivity index is 2.24. The summed E-state index contributed by atoms with van der Waals surface area (Å²) in [4.78, 5) is 26.0. The normalized spacial score (nSPS) is 17.2. The smallest absolute Gasteiger partial charge is 0.268 e. The van der Waals surface area contributed by atoms with E-state index in [1.54, 1.807) is 18.2 Å². The highest BCUT2D eigenvalue weighted by Crippen LogP contribution is 2.39. The molecule has 0 bridgehead atoms. The van der Waals surface area contributed by atoms with Gasteiger partial charge in [-0.1, -0.05) is 26.8 Å². The average molecular weight is 305 g/mol. The molecule has 2 rings (SSSR count). The van der Waals surface area contributed by atoms with Gasteiger partial charge in [0.25, 0.3) is 5.91 Å². The van der Waals surface area contributed by atoms with E-state index in [0.717, 1.165) is 0 Å². The van der Waals surface area contributed by atoms with Gasteiger partial charge in [0.1, 0.15) is 18.0 Å². The number of anilines is 2. The lowest BCUT2D eigenvalue weighted by molar-refractivity contribution is -0.129. The molecule has 1 aromatic carbocycles. The number of nitrogens with zero attached hydrogens (tertiary/aromatic N) is 1. The maximum Gasteiger partial charge on any atom is 0.268 e. The topological polar surface area (TPSA) is 84.7 Å². The molecule has 0 saturated heterocycles. The monoisotopic (exact) mass is 305 g/mol. The Bertz CT molecular complexity index is 572. The fourth-order valence-electron chi connectivity index (χ4n) is 2.34. The molecule has 1 aliphatic rings. The number of nitrogens with two attached hydrogens (primary N) is 1. The van der Waals surface area contributed by atoms with Crippen LogP contribution in [0.1, 0.15) is 27.2 Å². The third kappa shape index (κ3) is 3.32. The SMILES string of the molecule is CCC1Oc2cccc(N)c2N(CC(=O)NCC(C)C)C1=O. The molecule has 2 amide bonds. The molecular formula is C16H23N3O3. The van der Waals surface area contributed by atoms with Gasteiger partial charge >= 0.3 is 0 Å². The summed E-state index contributed by atoms with van der Waals surface area (Å²) in [6, 6.07) is 5.23. The van der Waals surface area contributed by atoms with E-state index in [1.807, 2.05) is 20.8 Å². The van der Waals surface area contributed by atoms with Crippen molar-refractivity contribution in [2.45, 2.75) is 33.3 Å². The molecule has 6 nitrogen and oxygen atoms in total. The number of carbonyl (C=O) groups is 2. The van der Waals surface area contributed by atoms with Gasteiger partial charge in [-0.25, -0.2) is 0 Å². The van der Waals surface area contributed by atoms with Crippen LogP contribution in [0.5, 0.6) is 5.75 Å². The van der Waals surface area contributed by atoms with Crippen molar-refractivity contribution < 1.29 is 14.3 Å². The molecule has 0 spiro atoms. The van der Waals surface area contributed by atoms with Crippen LogP contribution in [0, 0.1) is 5.92 Å². The highest BCUT2D eigenvalue weighted by molar-refractivity contribution is 6.06. The zero-order valence-corrected chi connectivity index (χ0v) is 13.3. The molecule has 0 aromatic heterocycles. The zero-order chi connectivity index (χ0) is 16.3. The molecule has 1 atom stereocenters. The number of nitrogen functional groups attached to an aromatic ring is 1. The van der Waals surface area contributed by atoms with Gasteiger partial charge in [-0.05, 0) is 24.5 Å². The van der Waals surface area contributed by atoms with Gasteiger partial charge < -0.3 is 15.8 Å². The lowest BCUT2D eigenvalue weighted by atomic mass is 10.1. The van der Waals surface area contributed by atoms with Crippen molar-refractivity contribution in [1.82, 2.24) is 5.32 Å². The number of ether oxygens (including phenoxy) is 1. The molecule has 1 unspecified atom stereocenters. The van der Waals surface area contributed by atoms with Crippen LogP contribution in [0.4, 0.5) is 11.4 Å². The summed E-state index contributed by atoms with van der Waals surface area (Å²) in [5.74, 6) is 0.466. The largest absolute Gasteiger partial charge is 0.478 e. The van der Waals surface area contributed by atoms with Gasteiger partial charge in [0.15, 0.2) is 6.10 Å². The van der Waals surface area contributed by atoms with Crippen LogP contribution in [0.15, 0.2) is 18.2 Å². The van der Waals surface area contributed by atoms with E-state index in [-0.39, 0.29) is 18.4 Å². The van der Waals surface area contributed by atoms with E-state index in [2.05, 4.69) is 5.32 Å². The fourth-order valence-corrected chi connectivity index (χ4v) is 2.34. The molecule has 120 valence electrons. The number of carbonyl (C=O) groups excluding carboxylic acids is 2. The van der Waals surface area contributed by atoms with Crippen LogP contribution in [0.2, 0.25) is 0 Å². The summed E-state index contributed by atoms with van der Waals surface area (Å²) in [5, 5.41) is 2.82. The van der Waals surface area contributed by atoms with Gasteiger partial charge in [-0.3, -0.25) is 14.5 Å². The number of nitrogens with one attached hydrogen (secondary N) is 1. The molecule has 1 aromatic rings. The van der Waals surface area contributed by atoms with Gasteiger partial charge in [-0.2, -0.15) is 0 Å². The van der Waals surface area contributed by atoms with Gasteiger partial charge in [0.05, 0.1) is 5.69 Å². The van der Waals surface area contributed by atoms with Gasteiger partial charge in [0.2, 0.25) is 5.91 Å². The Labute approximate surface area is 130 Å². The van der Waals surface area contributed by atoms with Crippen LogP contribution in [0.25, 0.3) is 0 Å². The van der Waals surface area contributed by atoms with E-state index < -0.39 is 6.10 Å². The minimum atomic E-state index is -0.577. The number of para-hydroxylation sites is 1. The minimum Gasteiger partial charge on any atom is -0.478 e. The van der Waals surface area contributed by atoms with Crippen LogP contribution in [-0.4, -0.2) is 31.0 Å². The molecule has 3 N–H and O–H groups in total. The summed E-state index contributed by atoms with van der Waals surface area (Å²) in [6.45, 7) is 6.43. The third-order valence-electron chi connectivity index (χ3n) is 3.49. The number of benzene rings is 1. The third-order valence-corrected chi connectivity index (χ3v) is 3.49. The average Bonchev–Trinajstić information content (AvgIpc) is 2.47. The molecule has 0 radical (unpaired) electrons. The molecule has 0 aliphatic carbocycles. The van der Waals surface area contributed by atoms with Crippen molar-refractivity contribution in [2.24, 2.45) is 5.92 Å². The highest BCUT2D eigenvalue weighted by Gasteiger charge is 2.35. The second-order valence-electron chi connectivity index (χ2n) is 5.83. The van der Waals surface area contributed by atoms with E-state index in [0.29, 0.717) is 36.0 Å². The van der Waals surface area contributed by atoms with Crippen molar-refractivity contribution in [1.29, 1.82) is 0 Å². The fraction of sp³-hybridized carbons (Fsp3) is 0.500. The Kier molecular flexibility index (Phi) is 4.90. The maximum atomic E-state index is 12.5. The number of rotatable bonds is 5.